The van der Waals surface area contributed by atoms with Gasteiger partial charge in [-0.3, -0.25) is 4.90 Å². The number of nitrogens with zero attached hydrogens (tertiary/aromatic N) is 1. The van der Waals surface area contributed by atoms with Gasteiger partial charge in [-0.25, -0.2) is 4.79 Å². The van der Waals surface area contributed by atoms with E-state index in [9.17, 15) is 4.79 Å². The van der Waals surface area contributed by atoms with Gasteiger partial charge >= 0.3 is 6.09 Å². The van der Waals surface area contributed by atoms with Crippen LogP contribution < -0.4 is 0 Å². The Morgan fingerprint density at radius 1 is 1.16 bits per heavy atom. The third-order valence-corrected chi connectivity index (χ3v) is 4.38. The van der Waals surface area contributed by atoms with Crippen molar-refractivity contribution in [3.63, 3.8) is 0 Å². The van der Waals surface area contributed by atoms with E-state index in [2.05, 4.69) is 48.5 Å². The van der Waals surface area contributed by atoms with Gasteiger partial charge in [-0.15, -0.1) is 0 Å². The van der Waals surface area contributed by atoms with E-state index in [1.807, 2.05) is 4.90 Å². The van der Waals surface area contributed by atoms with Gasteiger partial charge in [-0.2, -0.15) is 0 Å². The molecule has 0 aliphatic rings. The van der Waals surface area contributed by atoms with Gasteiger partial charge in [0.15, 0.2) is 0 Å². The number of methoxy groups -OCH3 is 1. The molecule has 1 unspecified atom stereocenters. The van der Waals surface area contributed by atoms with E-state index in [1.54, 1.807) is 0 Å². The van der Waals surface area contributed by atoms with Gasteiger partial charge < -0.3 is 4.74 Å². The van der Waals surface area contributed by atoms with Gasteiger partial charge in [-0.05, 0) is 52.9 Å². The van der Waals surface area contributed by atoms with E-state index in [0.29, 0.717) is 5.92 Å². The Bertz CT molecular complexity index is 284. The largest absolute Gasteiger partial charge is 0.453 e. The Kier molecular flexibility index (Phi) is 6.88. The predicted octanol–water partition coefficient (Wildman–Crippen LogP) is 4.85. The SMILES string of the molecule is CCC(C)CCC(C)(C)N(C(=O)OC)C(C)(C)CC. The molecule has 0 fully saturated rings. The van der Waals surface area contributed by atoms with Crippen LogP contribution in [0.2, 0.25) is 0 Å². The Labute approximate surface area is 119 Å². The van der Waals surface area contributed by atoms with Gasteiger partial charge in [0.2, 0.25) is 0 Å². The lowest BCUT2D eigenvalue weighted by Gasteiger charge is -2.47. The van der Waals surface area contributed by atoms with Crippen LogP contribution in [0.5, 0.6) is 0 Å². The Hall–Kier alpha value is -0.730. The minimum Gasteiger partial charge on any atom is -0.453 e. The van der Waals surface area contributed by atoms with Gasteiger partial charge in [0.1, 0.15) is 0 Å². The van der Waals surface area contributed by atoms with E-state index in [4.69, 9.17) is 4.74 Å². The quantitative estimate of drug-likeness (QED) is 0.662. The molecule has 0 radical (unpaired) electrons. The molecule has 3 heteroatoms. The van der Waals surface area contributed by atoms with Crippen molar-refractivity contribution < 1.29 is 9.53 Å². The lowest BCUT2D eigenvalue weighted by atomic mass is 9.86. The van der Waals surface area contributed by atoms with E-state index >= 15 is 0 Å². The summed E-state index contributed by atoms with van der Waals surface area (Å²) in [5.41, 5.74) is -0.373. The van der Waals surface area contributed by atoms with Crippen molar-refractivity contribution in [2.24, 2.45) is 5.92 Å². The molecule has 1 amide bonds. The zero-order chi connectivity index (χ0) is 15.3. The molecule has 0 aromatic heterocycles. The molecular formula is C16H33NO2. The third kappa shape index (κ3) is 5.04. The number of ether oxygens (including phenoxy) is 1. The van der Waals surface area contributed by atoms with E-state index in [1.165, 1.54) is 13.5 Å². The molecule has 0 rings (SSSR count). The molecule has 0 aliphatic carbocycles. The zero-order valence-electron chi connectivity index (χ0n) is 14.2. The van der Waals surface area contributed by atoms with Crippen LogP contribution in [0, 0.1) is 5.92 Å². The summed E-state index contributed by atoms with van der Waals surface area (Å²) >= 11 is 0. The Morgan fingerprint density at radius 3 is 2.05 bits per heavy atom. The fourth-order valence-corrected chi connectivity index (χ4v) is 2.48. The maximum atomic E-state index is 12.2. The highest BCUT2D eigenvalue weighted by Crippen LogP contribution is 2.33. The minimum atomic E-state index is -0.221. The molecule has 0 saturated carbocycles. The van der Waals surface area contributed by atoms with Crippen LogP contribution in [0.15, 0.2) is 0 Å². The number of amides is 1. The molecule has 1 atom stereocenters. The van der Waals surface area contributed by atoms with Crippen LogP contribution in [0.25, 0.3) is 0 Å². The molecule has 0 N–H and O–H groups in total. The fraction of sp³-hybridized carbons (Fsp3) is 0.938. The minimum absolute atomic E-state index is 0.184. The second kappa shape index (κ2) is 7.16. The standard InChI is InChI=1S/C16H33NO2/c1-9-13(3)11-12-16(6,7)17(14(18)19-8)15(4,5)10-2/h13H,9-12H2,1-8H3. The highest BCUT2D eigenvalue weighted by Gasteiger charge is 2.40. The van der Waals surface area contributed by atoms with Crippen molar-refractivity contribution in [1.82, 2.24) is 4.90 Å². The van der Waals surface area contributed by atoms with Crippen LogP contribution in [0.3, 0.4) is 0 Å². The third-order valence-electron chi connectivity index (χ3n) is 4.38. The van der Waals surface area contributed by atoms with E-state index in [0.717, 1.165) is 19.3 Å². The topological polar surface area (TPSA) is 29.5 Å². The van der Waals surface area contributed by atoms with Crippen molar-refractivity contribution in [1.29, 1.82) is 0 Å². The molecule has 3 nitrogen and oxygen atoms in total. The maximum absolute atomic E-state index is 12.2. The van der Waals surface area contributed by atoms with Gasteiger partial charge in [-0.1, -0.05) is 27.2 Å². The first-order valence-electron chi connectivity index (χ1n) is 7.50. The highest BCUT2D eigenvalue weighted by atomic mass is 16.5. The molecule has 0 spiro atoms. The zero-order valence-corrected chi connectivity index (χ0v) is 14.2. The molecule has 19 heavy (non-hydrogen) atoms. The summed E-state index contributed by atoms with van der Waals surface area (Å²) in [7, 11) is 1.46. The average Bonchev–Trinajstić information content (AvgIpc) is 2.35. The van der Waals surface area contributed by atoms with Gasteiger partial charge in [0.25, 0.3) is 0 Å². The fourth-order valence-electron chi connectivity index (χ4n) is 2.48. The van der Waals surface area contributed by atoms with Crippen LogP contribution in [0.1, 0.15) is 74.1 Å². The molecule has 0 heterocycles. The highest BCUT2D eigenvalue weighted by molar-refractivity contribution is 5.69. The van der Waals surface area contributed by atoms with Crippen molar-refractivity contribution in [3.05, 3.63) is 0 Å². The summed E-state index contributed by atoms with van der Waals surface area (Å²) in [6.07, 6.45) is 4.01. The molecule has 0 aromatic carbocycles. The molecule has 0 saturated heterocycles. The number of carbonyl (C=O) groups is 1. The van der Waals surface area contributed by atoms with Crippen molar-refractivity contribution in [2.75, 3.05) is 7.11 Å². The first-order valence-corrected chi connectivity index (χ1v) is 7.50. The summed E-state index contributed by atoms with van der Waals surface area (Å²) in [6.45, 7) is 15.1. The molecule has 0 aliphatic heterocycles. The number of hydrogen-bond donors (Lipinski definition) is 0. The molecular weight excluding hydrogens is 238 g/mol. The summed E-state index contributed by atoms with van der Waals surface area (Å²) in [5.74, 6) is 0.698. The van der Waals surface area contributed by atoms with Crippen LogP contribution >= 0.6 is 0 Å². The Balaban J connectivity index is 5.07. The second-order valence-corrected chi connectivity index (χ2v) is 6.84. The number of carbonyl (C=O) groups excluding carboxylic acids is 1. The smallest absolute Gasteiger partial charge is 0.410 e. The lowest BCUT2D eigenvalue weighted by Crippen LogP contribution is -2.58. The van der Waals surface area contributed by atoms with Crippen molar-refractivity contribution >= 4 is 6.09 Å². The molecule has 0 bridgehead atoms. The van der Waals surface area contributed by atoms with Crippen LogP contribution in [0.4, 0.5) is 4.79 Å². The van der Waals surface area contributed by atoms with Crippen LogP contribution in [-0.2, 0) is 4.74 Å². The molecule has 0 aromatic rings. The number of hydrogen-bond acceptors (Lipinski definition) is 2. The van der Waals surface area contributed by atoms with Gasteiger partial charge in [0, 0.05) is 11.1 Å². The van der Waals surface area contributed by atoms with E-state index < -0.39 is 0 Å². The summed E-state index contributed by atoms with van der Waals surface area (Å²) in [4.78, 5) is 14.1. The van der Waals surface area contributed by atoms with Crippen molar-refractivity contribution in [3.8, 4) is 0 Å². The average molecular weight is 271 g/mol. The first-order chi connectivity index (χ1) is 8.62. The monoisotopic (exact) mass is 271 g/mol. The first kappa shape index (κ1) is 18.3. The predicted molar refractivity (Wildman–Crippen MR) is 81.4 cm³/mol. The summed E-state index contributed by atoms with van der Waals surface area (Å²) in [5, 5.41) is 0. The second-order valence-electron chi connectivity index (χ2n) is 6.84. The molecule has 114 valence electrons. The van der Waals surface area contributed by atoms with Gasteiger partial charge in [0.05, 0.1) is 7.11 Å². The van der Waals surface area contributed by atoms with Crippen molar-refractivity contribution in [2.45, 2.75) is 85.2 Å². The Morgan fingerprint density at radius 2 is 1.68 bits per heavy atom. The van der Waals surface area contributed by atoms with E-state index in [-0.39, 0.29) is 17.2 Å². The lowest BCUT2D eigenvalue weighted by molar-refractivity contribution is 0.00769. The summed E-state index contributed by atoms with van der Waals surface area (Å²) in [6, 6.07) is 0. The maximum Gasteiger partial charge on any atom is 0.410 e. The number of rotatable bonds is 7. The normalized spacial score (nSPS) is 14.1. The summed E-state index contributed by atoms with van der Waals surface area (Å²) < 4.78 is 5.01. The van der Waals surface area contributed by atoms with Crippen LogP contribution in [-0.4, -0.2) is 29.2 Å².